The first-order valence-corrected chi connectivity index (χ1v) is 12.0. The molecule has 0 spiro atoms. The standard InChI is InChI=1S/C22H23ClN2O2S2/c1-2-12-25-21(26)19-15-8-4-3-5-11-18(15)29-20(19)24-22(25)28-14-13-27-17-10-7-6-9-16(17)23/h2,6-7,9-10H,1,3-5,8,11-14H2. The zero-order valence-corrected chi connectivity index (χ0v) is 18.5. The lowest BCUT2D eigenvalue weighted by atomic mass is 10.1. The number of rotatable bonds is 7. The molecule has 0 amide bonds. The van der Waals surface area contributed by atoms with Crippen LogP contribution in [-0.2, 0) is 19.4 Å². The van der Waals surface area contributed by atoms with Crippen molar-refractivity contribution in [1.82, 2.24) is 9.55 Å². The fraction of sp³-hybridized carbons (Fsp3) is 0.364. The molecule has 29 heavy (non-hydrogen) atoms. The van der Waals surface area contributed by atoms with Crippen LogP contribution < -0.4 is 10.3 Å². The van der Waals surface area contributed by atoms with Gasteiger partial charge in [0.15, 0.2) is 5.16 Å². The molecule has 1 aliphatic rings. The monoisotopic (exact) mass is 446 g/mol. The smallest absolute Gasteiger partial charge is 0.263 e. The number of nitrogens with zero attached hydrogens (tertiary/aromatic N) is 2. The zero-order chi connectivity index (χ0) is 20.2. The number of aromatic nitrogens is 2. The van der Waals surface area contributed by atoms with E-state index in [1.807, 2.05) is 24.3 Å². The van der Waals surface area contributed by atoms with Crippen molar-refractivity contribution in [1.29, 1.82) is 0 Å². The van der Waals surface area contributed by atoms with Crippen molar-refractivity contribution in [3.8, 4) is 5.75 Å². The second kappa shape index (κ2) is 9.37. The Morgan fingerprint density at radius 3 is 2.93 bits per heavy atom. The number of aryl methyl sites for hydroxylation is 2. The number of halogens is 1. The molecule has 152 valence electrons. The number of hydrogen-bond acceptors (Lipinski definition) is 5. The maximum absolute atomic E-state index is 13.3. The number of thioether (sulfide) groups is 1. The van der Waals surface area contributed by atoms with Crippen LogP contribution in [0, 0.1) is 0 Å². The highest BCUT2D eigenvalue weighted by Crippen LogP contribution is 2.34. The van der Waals surface area contributed by atoms with E-state index in [0.717, 1.165) is 34.6 Å². The highest BCUT2D eigenvalue weighted by Gasteiger charge is 2.21. The van der Waals surface area contributed by atoms with E-state index < -0.39 is 0 Å². The van der Waals surface area contributed by atoms with E-state index in [1.54, 1.807) is 22.0 Å². The molecule has 4 nitrogen and oxygen atoms in total. The Labute approximate surface area is 183 Å². The Bertz CT molecular complexity index is 1090. The highest BCUT2D eigenvalue weighted by atomic mass is 35.5. The Morgan fingerprint density at radius 1 is 1.28 bits per heavy atom. The van der Waals surface area contributed by atoms with Crippen LogP contribution in [0.25, 0.3) is 10.2 Å². The first-order chi connectivity index (χ1) is 14.2. The SMILES string of the molecule is C=CCn1c(SCCOc2ccccc2Cl)nc2sc3c(c2c1=O)CCCCC3. The van der Waals surface area contributed by atoms with Crippen LogP contribution in [0.3, 0.4) is 0 Å². The molecule has 0 fully saturated rings. The molecule has 3 aromatic rings. The fourth-order valence-electron chi connectivity index (χ4n) is 3.64. The van der Waals surface area contributed by atoms with E-state index in [-0.39, 0.29) is 5.56 Å². The molecule has 1 aromatic carbocycles. The van der Waals surface area contributed by atoms with Gasteiger partial charge in [-0.25, -0.2) is 4.98 Å². The molecule has 0 bridgehead atoms. The summed E-state index contributed by atoms with van der Waals surface area (Å²) in [6, 6.07) is 7.43. The average Bonchev–Trinajstić information content (AvgIpc) is 2.90. The van der Waals surface area contributed by atoms with Gasteiger partial charge >= 0.3 is 0 Å². The molecule has 0 unspecified atom stereocenters. The quantitative estimate of drug-likeness (QED) is 0.153. The maximum Gasteiger partial charge on any atom is 0.263 e. The van der Waals surface area contributed by atoms with E-state index in [9.17, 15) is 4.79 Å². The fourth-order valence-corrected chi connectivity index (χ4v) is 5.96. The molecule has 0 N–H and O–H groups in total. The number of fused-ring (bicyclic) bond motifs is 3. The Kier molecular flexibility index (Phi) is 6.63. The van der Waals surface area contributed by atoms with Gasteiger partial charge in [-0.05, 0) is 43.4 Å². The summed E-state index contributed by atoms with van der Waals surface area (Å²) in [5, 5.41) is 2.15. The van der Waals surface area contributed by atoms with Crippen molar-refractivity contribution in [2.45, 2.75) is 43.8 Å². The molecule has 0 aliphatic heterocycles. The van der Waals surface area contributed by atoms with Gasteiger partial charge in [-0.2, -0.15) is 0 Å². The third kappa shape index (κ3) is 4.39. The molecule has 0 atom stereocenters. The summed E-state index contributed by atoms with van der Waals surface area (Å²) >= 11 is 9.36. The van der Waals surface area contributed by atoms with Gasteiger partial charge in [-0.15, -0.1) is 17.9 Å². The van der Waals surface area contributed by atoms with Crippen molar-refractivity contribution in [2.75, 3.05) is 12.4 Å². The van der Waals surface area contributed by atoms with Crippen LogP contribution in [0.5, 0.6) is 5.75 Å². The Hall–Kier alpha value is -1.76. The largest absolute Gasteiger partial charge is 0.491 e. The van der Waals surface area contributed by atoms with E-state index >= 15 is 0 Å². The van der Waals surface area contributed by atoms with Gasteiger partial charge in [0.2, 0.25) is 0 Å². The minimum absolute atomic E-state index is 0.0591. The molecular formula is C22H23ClN2O2S2. The van der Waals surface area contributed by atoms with Crippen molar-refractivity contribution in [3.63, 3.8) is 0 Å². The zero-order valence-electron chi connectivity index (χ0n) is 16.2. The maximum atomic E-state index is 13.3. The predicted octanol–water partition coefficient (Wildman–Crippen LogP) is 5.74. The van der Waals surface area contributed by atoms with E-state index in [4.69, 9.17) is 21.3 Å². The van der Waals surface area contributed by atoms with Crippen LogP contribution in [0.2, 0.25) is 5.02 Å². The van der Waals surface area contributed by atoms with Crippen molar-refractivity contribution in [2.24, 2.45) is 0 Å². The summed E-state index contributed by atoms with van der Waals surface area (Å²) in [6.07, 6.45) is 7.38. The molecule has 1 aliphatic carbocycles. The first kappa shape index (κ1) is 20.5. The molecule has 2 heterocycles. The highest BCUT2D eigenvalue weighted by molar-refractivity contribution is 7.99. The summed E-state index contributed by atoms with van der Waals surface area (Å²) in [6.45, 7) is 4.76. The predicted molar refractivity (Wildman–Crippen MR) is 123 cm³/mol. The molecule has 0 saturated carbocycles. The lowest BCUT2D eigenvalue weighted by molar-refractivity contribution is 0.344. The van der Waals surface area contributed by atoms with Crippen LogP contribution in [0.1, 0.15) is 29.7 Å². The lowest BCUT2D eigenvalue weighted by Gasteiger charge is -2.11. The topological polar surface area (TPSA) is 44.1 Å². The van der Waals surface area contributed by atoms with Crippen LogP contribution >= 0.6 is 34.7 Å². The van der Waals surface area contributed by atoms with Gasteiger partial charge in [-0.3, -0.25) is 9.36 Å². The average molecular weight is 447 g/mol. The van der Waals surface area contributed by atoms with Gasteiger partial charge in [-0.1, -0.05) is 48.0 Å². The molecule has 7 heteroatoms. The Balaban J connectivity index is 1.58. The molecule has 2 aromatic heterocycles. The minimum Gasteiger partial charge on any atom is -0.491 e. The third-order valence-corrected chi connectivity index (χ3v) is 7.45. The number of para-hydroxylation sites is 1. The summed E-state index contributed by atoms with van der Waals surface area (Å²) < 4.78 is 7.51. The second-order valence-electron chi connectivity index (χ2n) is 6.97. The van der Waals surface area contributed by atoms with Crippen LogP contribution in [0.15, 0.2) is 46.9 Å². The summed E-state index contributed by atoms with van der Waals surface area (Å²) in [5.74, 6) is 1.34. The van der Waals surface area contributed by atoms with Crippen LogP contribution in [-0.4, -0.2) is 21.9 Å². The number of ether oxygens (including phenoxy) is 1. The van der Waals surface area contributed by atoms with E-state index in [2.05, 4.69) is 6.58 Å². The van der Waals surface area contributed by atoms with Gasteiger partial charge in [0, 0.05) is 17.2 Å². The van der Waals surface area contributed by atoms with Crippen molar-refractivity contribution in [3.05, 3.63) is 62.7 Å². The summed E-state index contributed by atoms with van der Waals surface area (Å²) in [4.78, 5) is 20.4. The third-order valence-electron chi connectivity index (χ3n) is 5.01. The summed E-state index contributed by atoms with van der Waals surface area (Å²) in [7, 11) is 0. The van der Waals surface area contributed by atoms with Crippen molar-refractivity contribution >= 4 is 44.9 Å². The molecular weight excluding hydrogens is 424 g/mol. The van der Waals surface area contributed by atoms with E-state index in [1.165, 1.54) is 35.0 Å². The minimum atomic E-state index is 0.0591. The number of allylic oxidation sites excluding steroid dienone is 1. The number of hydrogen-bond donors (Lipinski definition) is 0. The van der Waals surface area contributed by atoms with E-state index in [0.29, 0.717) is 29.7 Å². The van der Waals surface area contributed by atoms with Gasteiger partial charge in [0.25, 0.3) is 5.56 Å². The van der Waals surface area contributed by atoms with Gasteiger partial charge < -0.3 is 4.74 Å². The first-order valence-electron chi connectivity index (χ1n) is 9.85. The van der Waals surface area contributed by atoms with Crippen molar-refractivity contribution < 1.29 is 4.74 Å². The van der Waals surface area contributed by atoms with Crippen LogP contribution in [0.4, 0.5) is 0 Å². The molecule has 4 rings (SSSR count). The second-order valence-corrected chi connectivity index (χ2v) is 9.52. The number of benzene rings is 1. The molecule has 0 saturated heterocycles. The number of thiophene rings is 1. The lowest BCUT2D eigenvalue weighted by Crippen LogP contribution is -2.23. The van der Waals surface area contributed by atoms with Gasteiger partial charge in [0.05, 0.1) is 17.0 Å². The van der Waals surface area contributed by atoms with Gasteiger partial charge in [0.1, 0.15) is 10.6 Å². The normalized spacial score (nSPS) is 13.8. The Morgan fingerprint density at radius 2 is 2.10 bits per heavy atom. The summed E-state index contributed by atoms with van der Waals surface area (Å²) in [5.41, 5.74) is 1.29. The molecule has 0 radical (unpaired) electrons.